The lowest BCUT2D eigenvalue weighted by molar-refractivity contribution is -0.384. The highest BCUT2D eigenvalue weighted by atomic mass is 32.2. The average Bonchev–Trinajstić information content (AvgIpc) is 3.08. The molecular formula is C24H19N3O3S. The summed E-state index contributed by atoms with van der Waals surface area (Å²) in [6, 6.07) is 25.7. The number of carbonyl (C=O) groups is 1. The van der Waals surface area contributed by atoms with Crippen LogP contribution in [0.5, 0.6) is 0 Å². The molecular weight excluding hydrogens is 410 g/mol. The Balaban J connectivity index is 1.61. The Morgan fingerprint density at radius 1 is 0.935 bits per heavy atom. The molecule has 1 aliphatic rings. The lowest BCUT2D eigenvalue weighted by Gasteiger charge is -2.15. The molecule has 3 aromatic carbocycles. The summed E-state index contributed by atoms with van der Waals surface area (Å²) >= 11 is 1.32. The van der Waals surface area contributed by atoms with Crippen molar-refractivity contribution in [2.45, 2.75) is 6.42 Å². The first-order valence-corrected chi connectivity index (χ1v) is 10.6. The van der Waals surface area contributed by atoms with Crippen LogP contribution in [-0.4, -0.2) is 27.4 Å². The highest BCUT2D eigenvalue weighted by Crippen LogP contribution is 2.34. The zero-order valence-corrected chi connectivity index (χ0v) is 17.4. The number of nitro groups is 1. The van der Waals surface area contributed by atoms with E-state index in [1.807, 2.05) is 60.7 Å². The van der Waals surface area contributed by atoms with Crippen LogP contribution in [0.1, 0.15) is 11.1 Å². The molecule has 4 rings (SSSR count). The number of benzene rings is 3. The molecule has 6 nitrogen and oxygen atoms in total. The summed E-state index contributed by atoms with van der Waals surface area (Å²) in [4.78, 5) is 30.5. The van der Waals surface area contributed by atoms with E-state index < -0.39 is 4.92 Å². The van der Waals surface area contributed by atoms with Gasteiger partial charge in [-0.1, -0.05) is 48.5 Å². The van der Waals surface area contributed by atoms with Gasteiger partial charge in [-0.2, -0.15) is 0 Å². The van der Waals surface area contributed by atoms with E-state index in [-0.39, 0.29) is 11.6 Å². The number of para-hydroxylation sites is 1. The molecule has 0 unspecified atom stereocenters. The second-order valence-corrected chi connectivity index (χ2v) is 7.89. The molecule has 3 aromatic rings. The Hall–Kier alpha value is -3.71. The monoisotopic (exact) mass is 429 g/mol. The second kappa shape index (κ2) is 9.40. The van der Waals surface area contributed by atoms with Crippen LogP contribution in [0.3, 0.4) is 0 Å². The maximum Gasteiger partial charge on any atom is 0.269 e. The summed E-state index contributed by atoms with van der Waals surface area (Å²) < 4.78 is 0. The Labute approximate surface area is 184 Å². The van der Waals surface area contributed by atoms with Gasteiger partial charge in [0.15, 0.2) is 5.17 Å². The predicted octanol–water partition coefficient (Wildman–Crippen LogP) is 5.44. The van der Waals surface area contributed by atoms with Crippen LogP contribution in [0.15, 0.2) is 94.8 Å². The number of thioether (sulfide) groups is 1. The lowest BCUT2D eigenvalue weighted by Crippen LogP contribution is -2.31. The van der Waals surface area contributed by atoms with Crippen LogP contribution >= 0.6 is 11.8 Å². The van der Waals surface area contributed by atoms with Gasteiger partial charge in [-0.3, -0.25) is 19.8 Å². The van der Waals surface area contributed by atoms with Gasteiger partial charge in [0, 0.05) is 18.7 Å². The standard InChI is InChI=1S/C24H19N3O3S/c28-23-22(17-19-11-13-21(14-12-19)27(29)30)31-24(25-20-9-5-2-6-10-20)26(23)16-15-18-7-3-1-4-8-18/h1-14,17H,15-16H2/b22-17+,25-24?. The molecule has 0 saturated carbocycles. The minimum atomic E-state index is -0.442. The second-order valence-electron chi connectivity index (χ2n) is 6.88. The molecule has 1 fully saturated rings. The van der Waals surface area contributed by atoms with Crippen LogP contribution in [-0.2, 0) is 11.2 Å². The smallest absolute Gasteiger partial charge is 0.269 e. The van der Waals surface area contributed by atoms with Crippen molar-refractivity contribution in [2.24, 2.45) is 4.99 Å². The fourth-order valence-corrected chi connectivity index (χ4v) is 4.16. The summed E-state index contributed by atoms with van der Waals surface area (Å²) in [6.45, 7) is 0.513. The van der Waals surface area contributed by atoms with Crippen LogP contribution in [0, 0.1) is 10.1 Å². The first-order valence-electron chi connectivity index (χ1n) is 9.74. The van der Waals surface area contributed by atoms with Gasteiger partial charge in [0.05, 0.1) is 15.5 Å². The molecule has 1 aliphatic heterocycles. The van der Waals surface area contributed by atoms with Crippen LogP contribution < -0.4 is 0 Å². The number of aliphatic imine (C=N–C) groups is 1. The van der Waals surface area contributed by atoms with E-state index in [0.717, 1.165) is 16.8 Å². The fourth-order valence-electron chi connectivity index (χ4n) is 3.13. The Morgan fingerprint density at radius 2 is 1.58 bits per heavy atom. The molecule has 1 saturated heterocycles. The van der Waals surface area contributed by atoms with E-state index in [4.69, 9.17) is 0 Å². The molecule has 0 radical (unpaired) electrons. The third-order valence-electron chi connectivity index (χ3n) is 4.74. The molecule has 0 N–H and O–H groups in total. The molecule has 0 aromatic heterocycles. The van der Waals surface area contributed by atoms with E-state index in [1.54, 1.807) is 23.1 Å². The van der Waals surface area contributed by atoms with E-state index in [9.17, 15) is 14.9 Å². The lowest BCUT2D eigenvalue weighted by atomic mass is 10.1. The van der Waals surface area contributed by atoms with E-state index in [2.05, 4.69) is 4.99 Å². The largest absolute Gasteiger partial charge is 0.286 e. The minimum absolute atomic E-state index is 0.0170. The Bertz CT molecular complexity index is 1140. The van der Waals surface area contributed by atoms with Crippen LogP contribution in [0.2, 0.25) is 0 Å². The van der Waals surface area contributed by atoms with Crippen molar-refractivity contribution in [1.29, 1.82) is 0 Å². The SMILES string of the molecule is O=C1/C(=C\c2ccc([N+](=O)[O-])cc2)SC(=Nc2ccccc2)N1CCc1ccccc1. The van der Waals surface area contributed by atoms with Crippen molar-refractivity contribution in [3.05, 3.63) is 111 Å². The maximum absolute atomic E-state index is 13.2. The zero-order chi connectivity index (χ0) is 21.6. The maximum atomic E-state index is 13.2. The molecule has 154 valence electrons. The first-order chi connectivity index (χ1) is 15.1. The summed E-state index contributed by atoms with van der Waals surface area (Å²) in [6.07, 6.45) is 2.46. The fraction of sp³-hybridized carbons (Fsp3) is 0.0833. The number of hydrogen-bond donors (Lipinski definition) is 0. The Kier molecular flexibility index (Phi) is 6.24. The summed E-state index contributed by atoms with van der Waals surface area (Å²) in [5.41, 5.74) is 2.67. The number of nitrogens with zero attached hydrogens (tertiary/aromatic N) is 3. The van der Waals surface area contributed by atoms with Gasteiger partial charge in [0.2, 0.25) is 0 Å². The number of amides is 1. The Morgan fingerprint density at radius 3 is 2.23 bits per heavy atom. The number of carbonyl (C=O) groups excluding carboxylic acids is 1. The summed E-state index contributed by atoms with van der Waals surface area (Å²) in [5.74, 6) is -0.117. The molecule has 0 aliphatic carbocycles. The average molecular weight is 430 g/mol. The molecule has 0 atom stereocenters. The number of non-ortho nitro benzene ring substituents is 1. The normalized spacial score (nSPS) is 16.3. The van der Waals surface area contributed by atoms with Crippen molar-refractivity contribution in [3.8, 4) is 0 Å². The minimum Gasteiger partial charge on any atom is -0.286 e. The van der Waals surface area contributed by atoms with Crippen molar-refractivity contribution in [1.82, 2.24) is 4.90 Å². The number of amidine groups is 1. The highest BCUT2D eigenvalue weighted by molar-refractivity contribution is 8.18. The van der Waals surface area contributed by atoms with Gasteiger partial charge in [0.1, 0.15) is 0 Å². The van der Waals surface area contributed by atoms with Crippen molar-refractivity contribution in [3.63, 3.8) is 0 Å². The number of rotatable bonds is 6. The zero-order valence-electron chi connectivity index (χ0n) is 16.5. The van der Waals surface area contributed by atoms with Crippen molar-refractivity contribution < 1.29 is 9.72 Å². The molecule has 0 bridgehead atoms. The van der Waals surface area contributed by atoms with Crippen molar-refractivity contribution >= 4 is 40.3 Å². The first kappa shape index (κ1) is 20.6. The number of hydrogen-bond acceptors (Lipinski definition) is 5. The van der Waals surface area contributed by atoms with Gasteiger partial charge < -0.3 is 0 Å². The van der Waals surface area contributed by atoms with Gasteiger partial charge >= 0.3 is 0 Å². The molecule has 31 heavy (non-hydrogen) atoms. The van der Waals surface area contributed by atoms with E-state index >= 15 is 0 Å². The predicted molar refractivity (Wildman–Crippen MR) is 124 cm³/mol. The number of nitro benzene ring substituents is 1. The third-order valence-corrected chi connectivity index (χ3v) is 5.74. The van der Waals surface area contributed by atoms with E-state index in [1.165, 1.54) is 23.9 Å². The summed E-state index contributed by atoms with van der Waals surface area (Å²) in [7, 11) is 0. The molecule has 7 heteroatoms. The highest BCUT2D eigenvalue weighted by Gasteiger charge is 2.33. The third kappa shape index (κ3) is 5.07. The van der Waals surface area contributed by atoms with E-state index in [0.29, 0.717) is 23.0 Å². The van der Waals surface area contributed by atoms with Gasteiger partial charge in [-0.25, -0.2) is 4.99 Å². The van der Waals surface area contributed by atoms with Gasteiger partial charge in [-0.15, -0.1) is 0 Å². The van der Waals surface area contributed by atoms with Gasteiger partial charge in [-0.05, 0) is 59.7 Å². The molecule has 1 amide bonds. The summed E-state index contributed by atoms with van der Waals surface area (Å²) in [5, 5.41) is 11.5. The topological polar surface area (TPSA) is 75.8 Å². The van der Waals surface area contributed by atoms with Gasteiger partial charge in [0.25, 0.3) is 11.6 Å². The molecule has 0 spiro atoms. The van der Waals surface area contributed by atoms with Crippen LogP contribution in [0.4, 0.5) is 11.4 Å². The van der Waals surface area contributed by atoms with Crippen molar-refractivity contribution in [2.75, 3.05) is 6.54 Å². The van der Waals surface area contributed by atoms with Crippen LogP contribution in [0.25, 0.3) is 6.08 Å². The molecule has 1 heterocycles. The quantitative estimate of drug-likeness (QED) is 0.297.